The van der Waals surface area contributed by atoms with Gasteiger partial charge in [0.05, 0.1) is 36.3 Å². The van der Waals surface area contributed by atoms with Crippen LogP contribution in [-0.2, 0) is 27.0 Å². The Labute approximate surface area is 198 Å². The molecule has 1 aliphatic carbocycles. The van der Waals surface area contributed by atoms with Crippen molar-refractivity contribution >= 4 is 5.91 Å². The highest BCUT2D eigenvalue weighted by molar-refractivity contribution is 5.84. The first-order valence-electron chi connectivity index (χ1n) is 12.1. The fourth-order valence-corrected chi connectivity index (χ4v) is 5.91. The third-order valence-corrected chi connectivity index (χ3v) is 8.01. The first kappa shape index (κ1) is 25.4. The Hall–Kier alpha value is -1.68. The van der Waals surface area contributed by atoms with E-state index in [1.165, 1.54) is 6.07 Å². The Morgan fingerprint density at radius 2 is 2.09 bits per heavy atom. The Morgan fingerprint density at radius 3 is 2.76 bits per heavy atom. The van der Waals surface area contributed by atoms with Gasteiger partial charge in [0.15, 0.2) is 0 Å². The second-order valence-corrected chi connectivity index (χ2v) is 10.3. The number of hydrogen-bond donors (Lipinski definition) is 2. The molecule has 190 valence electrons. The summed E-state index contributed by atoms with van der Waals surface area (Å²) in [5, 5.41) is 14.3. The maximum Gasteiger partial charge on any atom is 0.416 e. The molecule has 34 heavy (non-hydrogen) atoms. The van der Waals surface area contributed by atoms with Crippen LogP contribution >= 0.6 is 0 Å². The van der Waals surface area contributed by atoms with Crippen molar-refractivity contribution in [1.29, 1.82) is 0 Å². The van der Waals surface area contributed by atoms with Crippen LogP contribution in [-0.4, -0.2) is 61.0 Å². The van der Waals surface area contributed by atoms with Gasteiger partial charge in [0.2, 0.25) is 5.91 Å². The van der Waals surface area contributed by atoms with Gasteiger partial charge in [0, 0.05) is 32.3 Å². The number of nitrogens with one attached hydrogen (secondary N) is 1. The molecule has 1 aromatic carbocycles. The average molecular weight is 485 g/mol. The number of alkyl halides is 3. The largest absolute Gasteiger partial charge is 0.416 e. The molecule has 2 fully saturated rings. The topological polar surface area (TPSA) is 71.0 Å². The lowest BCUT2D eigenvalue weighted by atomic mass is 9.73. The minimum absolute atomic E-state index is 0.0323. The number of aliphatic hydroxyl groups excluding tert-OH is 1. The highest BCUT2D eigenvalue weighted by Gasteiger charge is 2.50. The summed E-state index contributed by atoms with van der Waals surface area (Å²) in [5.74, 6) is -0.0241. The number of methoxy groups -OCH3 is 1. The molecule has 5 atom stereocenters. The summed E-state index contributed by atoms with van der Waals surface area (Å²) in [4.78, 5) is 15.4. The highest BCUT2D eigenvalue weighted by Crippen LogP contribution is 2.47. The van der Waals surface area contributed by atoms with Crippen molar-refractivity contribution < 1.29 is 32.5 Å². The molecule has 2 heterocycles. The third kappa shape index (κ3) is 4.85. The molecule has 1 saturated heterocycles. The van der Waals surface area contributed by atoms with Crippen LogP contribution in [0.4, 0.5) is 13.2 Å². The SMILES string of the molecule is COC1COCCC1NC1CCC(C(=O)N2Cc3cc(C(F)(F)F)ccc3C(O)C2)(C(C)C)C1. The number of carbonyl (C=O) groups excluding carboxylic acids is 1. The van der Waals surface area contributed by atoms with Crippen molar-refractivity contribution in [2.24, 2.45) is 11.3 Å². The van der Waals surface area contributed by atoms with Gasteiger partial charge in [0.25, 0.3) is 0 Å². The number of benzene rings is 1. The van der Waals surface area contributed by atoms with Crippen LogP contribution in [0.5, 0.6) is 0 Å². The molecular formula is C25H35F3N2O4. The van der Waals surface area contributed by atoms with Crippen LogP contribution in [0.1, 0.15) is 62.3 Å². The number of fused-ring (bicyclic) bond motifs is 1. The van der Waals surface area contributed by atoms with Gasteiger partial charge in [-0.3, -0.25) is 4.79 Å². The quantitative estimate of drug-likeness (QED) is 0.668. The van der Waals surface area contributed by atoms with E-state index in [1.807, 2.05) is 13.8 Å². The second kappa shape index (κ2) is 9.76. The van der Waals surface area contributed by atoms with Gasteiger partial charge in [-0.05, 0) is 54.9 Å². The van der Waals surface area contributed by atoms with Gasteiger partial charge in [-0.1, -0.05) is 19.9 Å². The number of nitrogens with zero attached hydrogens (tertiary/aromatic N) is 1. The second-order valence-electron chi connectivity index (χ2n) is 10.3. The van der Waals surface area contributed by atoms with Crippen LogP contribution in [0.2, 0.25) is 0 Å². The van der Waals surface area contributed by atoms with E-state index in [9.17, 15) is 23.1 Å². The summed E-state index contributed by atoms with van der Waals surface area (Å²) in [5.41, 5.74) is -0.560. The van der Waals surface area contributed by atoms with E-state index in [4.69, 9.17) is 9.47 Å². The van der Waals surface area contributed by atoms with Crippen LogP contribution in [0.15, 0.2) is 18.2 Å². The number of rotatable bonds is 5. The Bertz CT molecular complexity index is 893. The van der Waals surface area contributed by atoms with E-state index in [0.717, 1.165) is 25.0 Å². The van der Waals surface area contributed by atoms with Crippen LogP contribution in [0, 0.1) is 11.3 Å². The summed E-state index contributed by atoms with van der Waals surface area (Å²) in [6.45, 7) is 5.44. The summed E-state index contributed by atoms with van der Waals surface area (Å²) in [7, 11) is 1.67. The molecule has 1 saturated carbocycles. The summed E-state index contributed by atoms with van der Waals surface area (Å²) >= 11 is 0. The van der Waals surface area contributed by atoms with Crippen molar-refractivity contribution in [3.63, 3.8) is 0 Å². The molecule has 0 aromatic heterocycles. The van der Waals surface area contributed by atoms with Gasteiger partial charge < -0.3 is 24.8 Å². The predicted molar refractivity (Wildman–Crippen MR) is 120 cm³/mol. The molecule has 2 N–H and O–H groups in total. The third-order valence-electron chi connectivity index (χ3n) is 8.01. The Balaban J connectivity index is 1.51. The van der Waals surface area contributed by atoms with Gasteiger partial charge >= 0.3 is 6.18 Å². The molecular weight excluding hydrogens is 449 g/mol. The zero-order chi connectivity index (χ0) is 24.7. The molecule has 4 rings (SSSR count). The monoisotopic (exact) mass is 484 g/mol. The molecule has 5 unspecified atom stereocenters. The van der Waals surface area contributed by atoms with Crippen molar-refractivity contribution in [3.05, 3.63) is 34.9 Å². The van der Waals surface area contributed by atoms with E-state index in [2.05, 4.69) is 5.32 Å². The minimum Gasteiger partial charge on any atom is -0.387 e. The molecule has 0 bridgehead atoms. The molecule has 2 aliphatic heterocycles. The number of aliphatic hydroxyl groups is 1. The molecule has 6 nitrogen and oxygen atoms in total. The maximum atomic E-state index is 13.9. The molecule has 0 radical (unpaired) electrons. The van der Waals surface area contributed by atoms with Crippen LogP contribution < -0.4 is 5.32 Å². The van der Waals surface area contributed by atoms with E-state index >= 15 is 0 Å². The predicted octanol–water partition coefficient (Wildman–Crippen LogP) is 3.67. The van der Waals surface area contributed by atoms with Crippen LogP contribution in [0.25, 0.3) is 0 Å². The zero-order valence-corrected chi connectivity index (χ0v) is 20.0. The fraction of sp³-hybridized carbons (Fsp3) is 0.720. The van der Waals surface area contributed by atoms with Crippen molar-refractivity contribution in [2.45, 2.75) is 76.5 Å². The highest BCUT2D eigenvalue weighted by atomic mass is 19.4. The number of carbonyl (C=O) groups is 1. The van der Waals surface area contributed by atoms with Gasteiger partial charge in [-0.25, -0.2) is 0 Å². The number of amides is 1. The minimum atomic E-state index is -4.47. The molecule has 0 spiro atoms. The van der Waals surface area contributed by atoms with E-state index < -0.39 is 23.3 Å². The van der Waals surface area contributed by atoms with Crippen molar-refractivity contribution in [3.8, 4) is 0 Å². The number of ether oxygens (including phenoxy) is 2. The standard InChI is InChI=1S/C25H35F3N2O4/c1-15(2)24(8-6-18(11-24)29-20-7-9-34-14-22(20)33-3)23(32)30-12-16-10-17(25(26,27)28)4-5-19(16)21(31)13-30/h4-5,10,15,18,20-22,29,31H,6-9,11-14H2,1-3H3. The Morgan fingerprint density at radius 1 is 1.32 bits per heavy atom. The number of β-amino-alcohol motifs (C(OH)–C–C–N with tert-alkyl or cyclic N) is 1. The lowest BCUT2D eigenvalue weighted by Crippen LogP contribution is -2.52. The molecule has 3 aliphatic rings. The normalized spacial score (nSPS) is 32.2. The molecule has 1 aromatic rings. The maximum absolute atomic E-state index is 13.9. The van der Waals surface area contributed by atoms with E-state index in [1.54, 1.807) is 12.0 Å². The molecule has 9 heteroatoms. The van der Waals surface area contributed by atoms with E-state index in [0.29, 0.717) is 37.2 Å². The van der Waals surface area contributed by atoms with Gasteiger partial charge in [0.1, 0.15) is 0 Å². The summed E-state index contributed by atoms with van der Waals surface area (Å²) < 4.78 is 50.8. The first-order chi connectivity index (χ1) is 16.0. The summed E-state index contributed by atoms with van der Waals surface area (Å²) in [6.07, 6.45) is -2.48. The molecule has 1 amide bonds. The first-order valence-corrected chi connectivity index (χ1v) is 12.1. The smallest absolute Gasteiger partial charge is 0.387 e. The van der Waals surface area contributed by atoms with Gasteiger partial charge in [-0.2, -0.15) is 13.2 Å². The van der Waals surface area contributed by atoms with Crippen molar-refractivity contribution in [1.82, 2.24) is 10.2 Å². The van der Waals surface area contributed by atoms with E-state index in [-0.39, 0.29) is 43.1 Å². The number of halogens is 3. The lowest BCUT2D eigenvalue weighted by molar-refractivity contribution is -0.148. The average Bonchev–Trinajstić information content (AvgIpc) is 3.23. The Kier molecular flexibility index (Phi) is 7.29. The lowest BCUT2D eigenvalue weighted by Gasteiger charge is -2.41. The van der Waals surface area contributed by atoms with Crippen LogP contribution in [0.3, 0.4) is 0 Å². The zero-order valence-electron chi connectivity index (χ0n) is 20.0. The van der Waals surface area contributed by atoms with Gasteiger partial charge in [-0.15, -0.1) is 0 Å². The van der Waals surface area contributed by atoms with Crippen molar-refractivity contribution in [2.75, 3.05) is 26.9 Å². The summed E-state index contributed by atoms with van der Waals surface area (Å²) in [6, 6.07) is 3.69. The number of hydrogen-bond acceptors (Lipinski definition) is 5. The fourth-order valence-electron chi connectivity index (χ4n) is 5.91.